The van der Waals surface area contributed by atoms with Crippen LogP contribution >= 0.6 is 11.3 Å². The molecule has 2 aromatic carbocycles. The number of fused-ring (bicyclic) bond motifs is 1. The number of para-hydroxylation sites is 1. The lowest BCUT2D eigenvalue weighted by Crippen LogP contribution is -2.19. The van der Waals surface area contributed by atoms with Gasteiger partial charge in [0.25, 0.3) is 11.5 Å². The Hall–Kier alpha value is -5.09. The number of thiophene rings is 1. The Balaban J connectivity index is 1.44. The van der Waals surface area contributed by atoms with Crippen LogP contribution in [0.1, 0.15) is 10.6 Å². The van der Waals surface area contributed by atoms with Crippen LogP contribution in [0.2, 0.25) is 0 Å². The van der Waals surface area contributed by atoms with Gasteiger partial charge in [0.15, 0.2) is 11.2 Å². The fraction of sp³-hybridized carbons (Fsp3) is 0. The number of carbonyl (C=O) groups is 1. The van der Waals surface area contributed by atoms with Gasteiger partial charge in [-0.3, -0.25) is 19.4 Å². The lowest BCUT2D eigenvalue weighted by molar-refractivity contribution is 0.0996. The highest BCUT2D eigenvalue weighted by Gasteiger charge is 2.19. The summed E-state index contributed by atoms with van der Waals surface area (Å²) in [6.07, 6.45) is 0. The van der Waals surface area contributed by atoms with E-state index in [1.807, 2.05) is 47.8 Å². The Bertz CT molecular complexity index is 1870. The first-order valence-electron chi connectivity index (χ1n) is 11.2. The van der Waals surface area contributed by atoms with E-state index >= 15 is 0 Å². The minimum absolute atomic E-state index is 0.115. The second-order valence-electron chi connectivity index (χ2n) is 8.05. The lowest BCUT2D eigenvalue weighted by atomic mass is 10.1. The first-order chi connectivity index (χ1) is 18.0. The number of amides is 1. The molecular weight excluding hydrogens is 490 g/mol. The summed E-state index contributed by atoms with van der Waals surface area (Å²) >= 11 is 1.47. The highest BCUT2D eigenvalue weighted by atomic mass is 32.1. The standard InChI is InChI=1S/C27H17N5O4S/c33-20-15-22(36-21-10-5-4-9-17(20)21)26(35)29-24-13-19(23-11-6-12-37-23)31-32(24)27-28-18(14-25(34)30-27)16-7-2-1-3-8-16/h1-15H,(H,29,35)(H,28,30,34). The minimum atomic E-state index is -0.650. The molecule has 0 saturated heterocycles. The minimum Gasteiger partial charge on any atom is -0.451 e. The van der Waals surface area contributed by atoms with E-state index in [0.717, 1.165) is 16.5 Å². The van der Waals surface area contributed by atoms with E-state index in [2.05, 4.69) is 20.4 Å². The fourth-order valence-corrected chi connectivity index (χ4v) is 4.55. The van der Waals surface area contributed by atoms with Crippen molar-refractivity contribution in [3.05, 3.63) is 117 Å². The van der Waals surface area contributed by atoms with E-state index < -0.39 is 5.91 Å². The number of hydrogen-bond acceptors (Lipinski definition) is 7. The predicted octanol–water partition coefficient (Wildman–Crippen LogP) is 4.71. The van der Waals surface area contributed by atoms with Gasteiger partial charge in [0.2, 0.25) is 5.95 Å². The highest BCUT2D eigenvalue weighted by Crippen LogP contribution is 2.28. The molecule has 0 saturated carbocycles. The molecule has 0 spiro atoms. The third-order valence-corrected chi connectivity index (χ3v) is 6.47. The molecule has 0 fully saturated rings. The van der Waals surface area contributed by atoms with Gasteiger partial charge in [-0.05, 0) is 23.6 Å². The second kappa shape index (κ2) is 9.17. The smallest absolute Gasteiger partial charge is 0.292 e. The number of benzene rings is 2. The third-order valence-electron chi connectivity index (χ3n) is 5.58. The van der Waals surface area contributed by atoms with Gasteiger partial charge in [-0.15, -0.1) is 11.3 Å². The molecule has 0 aliphatic carbocycles. The van der Waals surface area contributed by atoms with Crippen molar-refractivity contribution in [1.82, 2.24) is 19.7 Å². The van der Waals surface area contributed by atoms with Crippen LogP contribution in [0.5, 0.6) is 0 Å². The molecule has 6 aromatic rings. The van der Waals surface area contributed by atoms with Crippen LogP contribution in [-0.4, -0.2) is 25.7 Å². The van der Waals surface area contributed by atoms with Crippen molar-refractivity contribution in [2.75, 3.05) is 5.32 Å². The van der Waals surface area contributed by atoms with Gasteiger partial charge in [-0.25, -0.2) is 4.98 Å². The number of aromatic amines is 1. The van der Waals surface area contributed by atoms with Gasteiger partial charge in [0, 0.05) is 23.8 Å². The molecule has 4 heterocycles. The summed E-state index contributed by atoms with van der Waals surface area (Å²) in [6.45, 7) is 0. The van der Waals surface area contributed by atoms with Crippen molar-refractivity contribution in [2.24, 2.45) is 0 Å². The summed E-state index contributed by atoms with van der Waals surface area (Å²) in [5.74, 6) is -0.459. The van der Waals surface area contributed by atoms with Crippen LogP contribution in [0.15, 0.2) is 104 Å². The van der Waals surface area contributed by atoms with Gasteiger partial charge < -0.3 is 9.73 Å². The number of aromatic nitrogens is 4. The van der Waals surface area contributed by atoms with Crippen molar-refractivity contribution < 1.29 is 9.21 Å². The van der Waals surface area contributed by atoms with Gasteiger partial charge >= 0.3 is 0 Å². The summed E-state index contributed by atoms with van der Waals surface area (Å²) in [4.78, 5) is 46.4. The molecule has 0 atom stereocenters. The van der Waals surface area contributed by atoms with E-state index in [1.165, 1.54) is 22.1 Å². The normalized spacial score (nSPS) is 11.0. The largest absolute Gasteiger partial charge is 0.451 e. The summed E-state index contributed by atoms with van der Waals surface area (Å²) in [5, 5.41) is 9.64. The molecular formula is C27H17N5O4S. The molecule has 4 aromatic heterocycles. The number of hydrogen-bond donors (Lipinski definition) is 2. The quantitative estimate of drug-likeness (QED) is 0.348. The van der Waals surface area contributed by atoms with Crippen LogP contribution in [0.25, 0.3) is 38.7 Å². The molecule has 180 valence electrons. The first-order valence-corrected chi connectivity index (χ1v) is 12.1. The Labute approximate surface area is 212 Å². The average molecular weight is 508 g/mol. The molecule has 0 unspecified atom stereocenters. The van der Waals surface area contributed by atoms with Crippen molar-refractivity contribution in [3.63, 3.8) is 0 Å². The van der Waals surface area contributed by atoms with Crippen LogP contribution in [-0.2, 0) is 0 Å². The molecule has 6 rings (SSSR count). The van der Waals surface area contributed by atoms with Gasteiger partial charge in [0.1, 0.15) is 17.1 Å². The average Bonchev–Trinajstić information content (AvgIpc) is 3.59. The number of anilines is 1. The Morgan fingerprint density at radius 2 is 1.73 bits per heavy atom. The topological polar surface area (TPSA) is 123 Å². The number of carbonyl (C=O) groups excluding carboxylic acids is 1. The van der Waals surface area contributed by atoms with E-state index in [4.69, 9.17) is 4.42 Å². The summed E-state index contributed by atoms with van der Waals surface area (Å²) in [5.41, 5.74) is 1.36. The van der Waals surface area contributed by atoms with Crippen molar-refractivity contribution in [3.8, 4) is 27.8 Å². The molecule has 37 heavy (non-hydrogen) atoms. The van der Waals surface area contributed by atoms with E-state index in [1.54, 1.807) is 30.3 Å². The monoisotopic (exact) mass is 507 g/mol. The maximum Gasteiger partial charge on any atom is 0.292 e. The summed E-state index contributed by atoms with van der Waals surface area (Å²) in [6, 6.07) is 23.9. The number of nitrogens with zero attached hydrogens (tertiary/aromatic N) is 3. The van der Waals surface area contributed by atoms with E-state index in [9.17, 15) is 14.4 Å². The van der Waals surface area contributed by atoms with Crippen LogP contribution in [0, 0.1) is 0 Å². The zero-order valence-corrected chi connectivity index (χ0v) is 19.9. The van der Waals surface area contributed by atoms with E-state index in [-0.39, 0.29) is 28.5 Å². The van der Waals surface area contributed by atoms with Crippen LogP contribution in [0.3, 0.4) is 0 Å². The highest BCUT2D eigenvalue weighted by molar-refractivity contribution is 7.13. The van der Waals surface area contributed by atoms with Gasteiger partial charge in [-0.1, -0.05) is 48.5 Å². The third kappa shape index (κ3) is 4.37. The van der Waals surface area contributed by atoms with Crippen LogP contribution < -0.4 is 16.3 Å². The van der Waals surface area contributed by atoms with E-state index in [0.29, 0.717) is 22.4 Å². The predicted molar refractivity (Wildman–Crippen MR) is 141 cm³/mol. The number of H-pyrrole nitrogens is 1. The molecule has 0 bridgehead atoms. The maximum absolute atomic E-state index is 13.2. The summed E-state index contributed by atoms with van der Waals surface area (Å²) < 4.78 is 7.03. The molecule has 2 N–H and O–H groups in total. The van der Waals surface area contributed by atoms with Gasteiger partial charge in [-0.2, -0.15) is 9.78 Å². The maximum atomic E-state index is 13.2. The molecule has 0 radical (unpaired) electrons. The second-order valence-corrected chi connectivity index (χ2v) is 9.00. The SMILES string of the molecule is O=C(Nc1cc(-c2cccs2)nn1-c1nc(-c2ccccc2)cc(=O)[nH]1)c1cc(=O)c2ccccc2o1. The molecule has 10 heteroatoms. The first kappa shape index (κ1) is 22.4. The molecule has 1 amide bonds. The fourth-order valence-electron chi connectivity index (χ4n) is 3.87. The van der Waals surface area contributed by atoms with Crippen molar-refractivity contribution in [1.29, 1.82) is 0 Å². The Morgan fingerprint density at radius 3 is 2.54 bits per heavy atom. The number of nitrogens with one attached hydrogen (secondary N) is 2. The van der Waals surface area contributed by atoms with Crippen LogP contribution in [0.4, 0.5) is 5.82 Å². The molecule has 9 nitrogen and oxygen atoms in total. The summed E-state index contributed by atoms with van der Waals surface area (Å²) in [7, 11) is 0. The van der Waals surface area contributed by atoms with Gasteiger partial charge in [0.05, 0.1) is 16.0 Å². The van der Waals surface area contributed by atoms with Crippen molar-refractivity contribution in [2.45, 2.75) is 0 Å². The Morgan fingerprint density at radius 1 is 0.919 bits per heavy atom. The zero-order valence-electron chi connectivity index (χ0n) is 19.0. The lowest BCUT2D eigenvalue weighted by Gasteiger charge is -2.09. The van der Waals surface area contributed by atoms with Crippen molar-refractivity contribution >= 4 is 34.0 Å². The molecule has 0 aliphatic heterocycles. The Kier molecular flexibility index (Phi) is 5.55. The zero-order chi connectivity index (χ0) is 25.4. The molecule has 0 aliphatic rings. The number of rotatable bonds is 5.